The second-order valence-corrected chi connectivity index (χ2v) is 2.62. The Balaban J connectivity index is 2.51. The lowest BCUT2D eigenvalue weighted by Crippen LogP contribution is -2.31. The summed E-state index contributed by atoms with van der Waals surface area (Å²) < 4.78 is 0. The van der Waals surface area contributed by atoms with Crippen molar-refractivity contribution in [3.05, 3.63) is 12.7 Å². The van der Waals surface area contributed by atoms with Crippen molar-refractivity contribution < 1.29 is 4.79 Å². The number of hydrogen-bond donors (Lipinski definition) is 0. The van der Waals surface area contributed by atoms with Gasteiger partial charge in [-0.15, -0.1) is 13.0 Å². The lowest BCUT2D eigenvalue weighted by Gasteiger charge is -2.16. The van der Waals surface area contributed by atoms with Crippen molar-refractivity contribution >= 4 is 5.91 Å². The summed E-state index contributed by atoms with van der Waals surface area (Å²) >= 11 is 0. The Bertz CT molecular complexity index is 210. The van der Waals surface area contributed by atoms with Gasteiger partial charge in [0.25, 0.3) is 5.91 Å². The van der Waals surface area contributed by atoms with Crippen molar-refractivity contribution in [3.8, 4) is 12.3 Å². The second kappa shape index (κ2) is 3.25. The van der Waals surface area contributed by atoms with Gasteiger partial charge in [0.1, 0.15) is 0 Å². The standard InChI is InChI=1S/C9H11NO/c1-3-7-10(8-5-6-8)9(11)4-2/h2-3,8H,1,5-7H2. The fraction of sp³-hybridized carbons (Fsp3) is 0.444. The predicted molar refractivity (Wildman–Crippen MR) is 43.8 cm³/mol. The molecule has 2 nitrogen and oxygen atoms in total. The predicted octanol–water partition coefficient (Wildman–Crippen LogP) is 0.797. The highest BCUT2D eigenvalue weighted by atomic mass is 16.2. The molecule has 0 aliphatic heterocycles. The van der Waals surface area contributed by atoms with E-state index in [1.807, 2.05) is 0 Å². The van der Waals surface area contributed by atoms with E-state index >= 15 is 0 Å². The van der Waals surface area contributed by atoms with E-state index in [4.69, 9.17) is 6.42 Å². The van der Waals surface area contributed by atoms with Crippen molar-refractivity contribution in [3.63, 3.8) is 0 Å². The van der Waals surface area contributed by atoms with Crippen LogP contribution in [0.3, 0.4) is 0 Å². The molecule has 0 aromatic rings. The van der Waals surface area contributed by atoms with Crippen molar-refractivity contribution in [1.82, 2.24) is 4.90 Å². The van der Waals surface area contributed by atoms with E-state index < -0.39 is 0 Å². The maximum absolute atomic E-state index is 11.0. The summed E-state index contributed by atoms with van der Waals surface area (Å²) in [6, 6.07) is 0.386. The van der Waals surface area contributed by atoms with Gasteiger partial charge < -0.3 is 4.90 Å². The zero-order valence-corrected chi connectivity index (χ0v) is 6.42. The molecule has 0 bridgehead atoms. The average molecular weight is 149 g/mol. The summed E-state index contributed by atoms with van der Waals surface area (Å²) in [5, 5.41) is 0. The van der Waals surface area contributed by atoms with E-state index in [1.54, 1.807) is 11.0 Å². The van der Waals surface area contributed by atoms with Crippen LogP contribution in [0.4, 0.5) is 0 Å². The molecule has 0 heterocycles. The van der Waals surface area contributed by atoms with E-state index in [2.05, 4.69) is 12.5 Å². The van der Waals surface area contributed by atoms with Crippen LogP contribution in [0.2, 0.25) is 0 Å². The number of carbonyl (C=O) groups is 1. The Morgan fingerprint density at radius 1 is 1.82 bits per heavy atom. The molecule has 58 valence electrons. The van der Waals surface area contributed by atoms with Gasteiger partial charge in [-0.1, -0.05) is 6.08 Å². The van der Waals surface area contributed by atoms with Crippen LogP contribution in [0.15, 0.2) is 12.7 Å². The number of carbonyl (C=O) groups excluding carboxylic acids is 1. The largest absolute Gasteiger partial charge is 0.325 e. The molecule has 0 radical (unpaired) electrons. The first-order valence-electron chi connectivity index (χ1n) is 3.67. The molecule has 1 saturated carbocycles. The third-order valence-electron chi connectivity index (χ3n) is 1.70. The van der Waals surface area contributed by atoms with Gasteiger partial charge in [-0.2, -0.15) is 0 Å². The Morgan fingerprint density at radius 2 is 2.45 bits per heavy atom. The minimum absolute atomic E-state index is 0.215. The highest BCUT2D eigenvalue weighted by Crippen LogP contribution is 2.26. The zero-order valence-electron chi connectivity index (χ0n) is 6.42. The molecule has 1 aliphatic rings. The first-order valence-corrected chi connectivity index (χ1v) is 3.67. The molecule has 1 aliphatic carbocycles. The van der Waals surface area contributed by atoms with E-state index in [1.165, 1.54) is 0 Å². The first-order chi connectivity index (χ1) is 5.29. The van der Waals surface area contributed by atoms with Crippen LogP contribution in [-0.2, 0) is 4.79 Å². The first kappa shape index (κ1) is 7.87. The van der Waals surface area contributed by atoms with E-state index in [9.17, 15) is 4.79 Å². The normalized spacial score (nSPS) is 15.2. The summed E-state index contributed by atoms with van der Waals surface area (Å²) in [7, 11) is 0. The van der Waals surface area contributed by atoms with E-state index in [0.717, 1.165) is 12.8 Å². The highest BCUT2D eigenvalue weighted by molar-refractivity contribution is 5.93. The molecule has 1 rings (SSSR count). The van der Waals surface area contributed by atoms with Gasteiger partial charge in [-0.25, -0.2) is 0 Å². The number of terminal acetylenes is 1. The molecule has 0 spiro atoms. The lowest BCUT2D eigenvalue weighted by atomic mass is 10.4. The second-order valence-electron chi connectivity index (χ2n) is 2.62. The van der Waals surface area contributed by atoms with Crippen LogP contribution >= 0.6 is 0 Å². The van der Waals surface area contributed by atoms with Gasteiger partial charge in [0.15, 0.2) is 0 Å². The third-order valence-corrected chi connectivity index (χ3v) is 1.70. The molecule has 0 N–H and O–H groups in total. The van der Waals surface area contributed by atoms with Crippen LogP contribution in [0.25, 0.3) is 0 Å². The Morgan fingerprint density at radius 3 is 2.82 bits per heavy atom. The number of amides is 1. The molecule has 1 fully saturated rings. The number of rotatable bonds is 3. The van der Waals surface area contributed by atoms with E-state index in [-0.39, 0.29) is 5.91 Å². The molecule has 1 amide bonds. The minimum Gasteiger partial charge on any atom is -0.325 e. The van der Waals surface area contributed by atoms with Crippen molar-refractivity contribution in [2.45, 2.75) is 18.9 Å². The zero-order chi connectivity index (χ0) is 8.27. The fourth-order valence-corrected chi connectivity index (χ4v) is 1.01. The highest BCUT2D eigenvalue weighted by Gasteiger charge is 2.30. The monoisotopic (exact) mass is 149 g/mol. The smallest absolute Gasteiger partial charge is 0.298 e. The molecule has 0 unspecified atom stereocenters. The summed E-state index contributed by atoms with van der Waals surface area (Å²) in [5.41, 5.74) is 0. The van der Waals surface area contributed by atoms with E-state index in [0.29, 0.717) is 12.6 Å². The molecule has 0 saturated heterocycles. The van der Waals surface area contributed by atoms with Crippen molar-refractivity contribution in [2.75, 3.05) is 6.54 Å². The summed E-state index contributed by atoms with van der Waals surface area (Å²) in [6.45, 7) is 4.14. The summed E-state index contributed by atoms with van der Waals surface area (Å²) in [4.78, 5) is 12.7. The molecule has 11 heavy (non-hydrogen) atoms. The SMILES string of the molecule is C#CC(=O)N(CC=C)C1CC1. The molecule has 0 atom stereocenters. The van der Waals surface area contributed by atoms with Gasteiger partial charge in [-0.3, -0.25) is 4.79 Å². The Labute approximate surface area is 66.9 Å². The van der Waals surface area contributed by atoms with Gasteiger partial charge in [0, 0.05) is 12.6 Å². The molecule has 0 aromatic carbocycles. The quantitative estimate of drug-likeness (QED) is 0.429. The van der Waals surface area contributed by atoms with Crippen molar-refractivity contribution in [1.29, 1.82) is 0 Å². The fourth-order valence-electron chi connectivity index (χ4n) is 1.01. The third kappa shape index (κ3) is 1.84. The summed E-state index contributed by atoms with van der Waals surface area (Å²) in [6.07, 6.45) is 8.86. The number of hydrogen-bond acceptors (Lipinski definition) is 1. The molecule has 0 aromatic heterocycles. The molecular formula is C9H11NO. The average Bonchev–Trinajstić information content (AvgIpc) is 2.81. The Kier molecular flexibility index (Phi) is 2.32. The topological polar surface area (TPSA) is 20.3 Å². The van der Waals surface area contributed by atoms with Crippen LogP contribution < -0.4 is 0 Å². The Hall–Kier alpha value is -1.23. The van der Waals surface area contributed by atoms with Crippen LogP contribution in [-0.4, -0.2) is 23.4 Å². The minimum atomic E-state index is -0.215. The maximum atomic E-state index is 11.0. The van der Waals surface area contributed by atoms with Gasteiger partial charge >= 0.3 is 0 Å². The molecule has 2 heteroatoms. The maximum Gasteiger partial charge on any atom is 0.298 e. The van der Waals surface area contributed by atoms with Crippen molar-refractivity contribution in [2.24, 2.45) is 0 Å². The molecular weight excluding hydrogens is 138 g/mol. The van der Waals surface area contributed by atoms with Crippen LogP contribution in [0.1, 0.15) is 12.8 Å². The van der Waals surface area contributed by atoms with Crippen LogP contribution in [0.5, 0.6) is 0 Å². The number of nitrogens with zero attached hydrogens (tertiary/aromatic N) is 1. The van der Waals surface area contributed by atoms with Crippen LogP contribution in [0, 0.1) is 12.3 Å². The lowest BCUT2D eigenvalue weighted by molar-refractivity contribution is -0.125. The van der Waals surface area contributed by atoms with Gasteiger partial charge in [0.05, 0.1) is 0 Å². The van der Waals surface area contributed by atoms with Gasteiger partial charge in [-0.05, 0) is 18.8 Å². The van der Waals surface area contributed by atoms with Gasteiger partial charge in [0.2, 0.25) is 0 Å². The summed E-state index contributed by atoms with van der Waals surface area (Å²) in [5.74, 6) is 1.90.